The number of ketones is 1. The molecule has 2 fully saturated rings. The van der Waals surface area contributed by atoms with Crippen molar-refractivity contribution in [2.24, 2.45) is 16.9 Å². The van der Waals surface area contributed by atoms with E-state index in [2.05, 4.69) is 5.10 Å². The molecule has 0 N–H and O–H groups in total. The number of non-ortho nitro benzene ring substituents is 1. The summed E-state index contributed by atoms with van der Waals surface area (Å²) in [4.78, 5) is 51.9. The summed E-state index contributed by atoms with van der Waals surface area (Å²) in [7, 11) is 0. The highest BCUT2D eigenvalue weighted by Gasteiger charge is 2.64. The van der Waals surface area contributed by atoms with Crippen LogP contribution in [0.25, 0.3) is 0 Å². The van der Waals surface area contributed by atoms with Crippen molar-refractivity contribution in [1.29, 1.82) is 0 Å². The lowest BCUT2D eigenvalue weighted by molar-refractivity contribution is -0.384. The van der Waals surface area contributed by atoms with Gasteiger partial charge in [0, 0.05) is 23.9 Å². The fraction of sp³-hybridized carbons (Fsp3) is 0.182. The van der Waals surface area contributed by atoms with E-state index in [0.29, 0.717) is 5.56 Å². The average Bonchev–Trinajstić information content (AvgIpc) is 3.27. The molecule has 4 atom stereocenters. The molecule has 0 spiro atoms. The molecule has 0 radical (unpaired) electrons. The second kappa shape index (κ2) is 7.38. The number of imide groups is 1. The molecule has 160 valence electrons. The number of hydrogen-bond donors (Lipinski definition) is 0. The van der Waals surface area contributed by atoms with E-state index in [-0.39, 0.29) is 22.2 Å². The van der Waals surface area contributed by atoms with Gasteiger partial charge in [0.2, 0.25) is 11.8 Å². The van der Waals surface area contributed by atoms with Crippen LogP contribution in [0.5, 0.6) is 0 Å². The molecule has 0 aromatic heterocycles. The number of benzene rings is 2. The van der Waals surface area contributed by atoms with E-state index in [9.17, 15) is 24.5 Å². The number of allylic oxidation sites excluding steroid dienone is 1. The maximum Gasteiger partial charge on any atom is 0.271 e. The minimum atomic E-state index is -1.00. The van der Waals surface area contributed by atoms with Crippen molar-refractivity contribution >= 4 is 46.8 Å². The van der Waals surface area contributed by atoms with Gasteiger partial charge in [-0.1, -0.05) is 48.0 Å². The number of halogens is 1. The Balaban J connectivity index is 1.60. The number of anilines is 1. The largest absolute Gasteiger partial charge is 0.292 e. The van der Waals surface area contributed by atoms with E-state index in [0.717, 1.165) is 11.0 Å². The number of carbonyl (C=O) groups is 3. The van der Waals surface area contributed by atoms with Gasteiger partial charge in [-0.2, -0.15) is 5.10 Å². The molecule has 3 heterocycles. The van der Waals surface area contributed by atoms with E-state index in [1.165, 1.54) is 23.4 Å². The predicted octanol–water partition coefficient (Wildman–Crippen LogP) is 2.85. The molecule has 4 unspecified atom stereocenters. The first-order valence-corrected chi connectivity index (χ1v) is 10.2. The highest BCUT2D eigenvalue weighted by Crippen LogP contribution is 2.47. The topological polar surface area (TPSA) is 113 Å². The zero-order chi connectivity index (χ0) is 22.6. The molecule has 2 saturated heterocycles. The van der Waals surface area contributed by atoms with Crippen LogP contribution in [-0.2, 0) is 9.59 Å². The Labute approximate surface area is 186 Å². The Morgan fingerprint density at radius 2 is 1.78 bits per heavy atom. The van der Waals surface area contributed by atoms with Crippen molar-refractivity contribution in [3.63, 3.8) is 0 Å². The number of rotatable bonds is 4. The van der Waals surface area contributed by atoms with Crippen LogP contribution in [0.1, 0.15) is 10.4 Å². The summed E-state index contributed by atoms with van der Waals surface area (Å²) in [6.45, 7) is 0. The summed E-state index contributed by atoms with van der Waals surface area (Å²) in [5.41, 5.74) is 0.0301. The fourth-order valence-corrected chi connectivity index (χ4v) is 4.84. The second-order valence-corrected chi connectivity index (χ2v) is 8.06. The Kier molecular flexibility index (Phi) is 4.63. The monoisotopic (exact) mass is 450 g/mol. The summed E-state index contributed by atoms with van der Waals surface area (Å²) in [6.07, 6.45) is 4.90. The van der Waals surface area contributed by atoms with Gasteiger partial charge >= 0.3 is 0 Å². The molecule has 2 aromatic carbocycles. The van der Waals surface area contributed by atoms with Crippen LogP contribution in [0.2, 0.25) is 5.02 Å². The van der Waals surface area contributed by atoms with Crippen LogP contribution in [-0.4, -0.2) is 45.8 Å². The Hall–Kier alpha value is -3.85. The van der Waals surface area contributed by atoms with E-state index < -0.39 is 40.7 Å². The number of Topliss-reactive ketones (excluding diaryl/α,β-unsaturated/α-hetero) is 1. The molecule has 5 rings (SSSR count). The highest BCUT2D eigenvalue weighted by atomic mass is 35.5. The normalized spacial score (nSPS) is 25.8. The van der Waals surface area contributed by atoms with Crippen molar-refractivity contribution < 1.29 is 19.3 Å². The summed E-state index contributed by atoms with van der Waals surface area (Å²) < 4.78 is 0. The van der Waals surface area contributed by atoms with Crippen molar-refractivity contribution in [2.45, 2.75) is 12.1 Å². The first-order chi connectivity index (χ1) is 15.4. The number of carbonyl (C=O) groups excluding carboxylic acids is 3. The van der Waals surface area contributed by atoms with Gasteiger partial charge in [-0.25, -0.2) is 4.90 Å². The first kappa shape index (κ1) is 20.1. The molecule has 3 aliphatic heterocycles. The van der Waals surface area contributed by atoms with E-state index >= 15 is 0 Å². The number of hydrogen-bond acceptors (Lipinski definition) is 7. The number of nitrogens with zero attached hydrogens (tertiary/aromatic N) is 4. The van der Waals surface area contributed by atoms with Crippen LogP contribution in [0.4, 0.5) is 11.4 Å². The Morgan fingerprint density at radius 1 is 1.06 bits per heavy atom. The highest BCUT2D eigenvalue weighted by molar-refractivity contribution is 6.36. The fourth-order valence-electron chi connectivity index (χ4n) is 4.63. The lowest BCUT2D eigenvalue weighted by Gasteiger charge is -2.30. The second-order valence-electron chi connectivity index (χ2n) is 7.65. The first-order valence-electron chi connectivity index (χ1n) is 9.80. The average molecular weight is 451 g/mol. The van der Waals surface area contributed by atoms with Gasteiger partial charge in [-0.3, -0.25) is 29.5 Å². The van der Waals surface area contributed by atoms with Crippen molar-refractivity contribution in [3.05, 3.63) is 81.4 Å². The van der Waals surface area contributed by atoms with Crippen LogP contribution >= 0.6 is 11.6 Å². The standard InChI is InChI=1S/C22H15ClN4O5/c23-14-9-8-13(27(31)32)11-16(14)25-21(29)17-15-7-4-10-24-26(15)19(18(17)22(25)30)20(28)12-5-2-1-3-6-12/h1-11,15,17-19H. The third-order valence-corrected chi connectivity index (χ3v) is 6.32. The molecule has 3 aliphatic rings. The molecule has 2 aromatic rings. The molecule has 0 aliphatic carbocycles. The lowest BCUT2D eigenvalue weighted by atomic mass is 9.86. The third kappa shape index (κ3) is 2.85. The minimum Gasteiger partial charge on any atom is -0.292 e. The van der Waals surface area contributed by atoms with Gasteiger partial charge in [-0.15, -0.1) is 0 Å². The van der Waals surface area contributed by atoms with Crippen molar-refractivity contribution in [1.82, 2.24) is 5.01 Å². The van der Waals surface area contributed by atoms with Gasteiger partial charge in [0.25, 0.3) is 5.69 Å². The molecule has 32 heavy (non-hydrogen) atoms. The van der Waals surface area contributed by atoms with Crippen LogP contribution < -0.4 is 4.90 Å². The summed E-state index contributed by atoms with van der Waals surface area (Å²) >= 11 is 6.22. The van der Waals surface area contributed by atoms with Gasteiger partial charge in [0.1, 0.15) is 6.04 Å². The van der Waals surface area contributed by atoms with Gasteiger partial charge in [0.05, 0.1) is 33.5 Å². The molecule has 0 saturated carbocycles. The molecular weight excluding hydrogens is 436 g/mol. The molecule has 10 heteroatoms. The third-order valence-electron chi connectivity index (χ3n) is 6.00. The quantitative estimate of drug-likeness (QED) is 0.306. The van der Waals surface area contributed by atoms with Crippen molar-refractivity contribution in [2.75, 3.05) is 4.90 Å². The van der Waals surface area contributed by atoms with Crippen LogP contribution in [0, 0.1) is 22.0 Å². The Morgan fingerprint density at radius 3 is 2.50 bits per heavy atom. The molecule has 2 amide bonds. The van der Waals surface area contributed by atoms with E-state index in [1.807, 2.05) is 0 Å². The number of fused-ring (bicyclic) bond motifs is 3. The maximum absolute atomic E-state index is 13.5. The maximum atomic E-state index is 13.5. The molecule has 9 nitrogen and oxygen atoms in total. The smallest absolute Gasteiger partial charge is 0.271 e. The summed E-state index contributed by atoms with van der Waals surface area (Å²) in [5, 5.41) is 17.0. The van der Waals surface area contributed by atoms with E-state index in [1.54, 1.807) is 42.5 Å². The van der Waals surface area contributed by atoms with Crippen molar-refractivity contribution in [3.8, 4) is 0 Å². The van der Waals surface area contributed by atoms with E-state index in [4.69, 9.17) is 11.6 Å². The number of nitro benzene ring substituents is 1. The lowest BCUT2D eigenvalue weighted by Crippen LogP contribution is -2.46. The van der Waals surface area contributed by atoms with Crippen LogP contribution in [0.15, 0.2) is 65.8 Å². The zero-order valence-corrected chi connectivity index (χ0v) is 17.1. The molecular formula is C22H15ClN4O5. The van der Waals surface area contributed by atoms with Gasteiger partial charge in [-0.05, 0) is 12.1 Å². The molecule has 0 bridgehead atoms. The predicted molar refractivity (Wildman–Crippen MR) is 115 cm³/mol. The number of nitro groups is 1. The summed E-state index contributed by atoms with van der Waals surface area (Å²) in [6, 6.07) is 10.5. The number of amides is 2. The van der Waals surface area contributed by atoms with Crippen LogP contribution in [0.3, 0.4) is 0 Å². The number of hydrazone groups is 1. The zero-order valence-electron chi connectivity index (χ0n) is 16.4. The summed E-state index contributed by atoms with van der Waals surface area (Å²) in [5.74, 6) is -3.40. The van der Waals surface area contributed by atoms with Gasteiger partial charge in [0.15, 0.2) is 5.78 Å². The van der Waals surface area contributed by atoms with Gasteiger partial charge < -0.3 is 0 Å². The SMILES string of the molecule is O=C(c1ccccc1)C1C2C(=O)N(c3cc([N+](=O)[O-])ccc3Cl)C(=O)C2C2C=CC=NN21. The Bertz CT molecular complexity index is 1230. The minimum absolute atomic E-state index is 0.0253.